The third-order valence-electron chi connectivity index (χ3n) is 3.33. The summed E-state index contributed by atoms with van der Waals surface area (Å²) in [6, 6.07) is 14.4. The van der Waals surface area contributed by atoms with Gasteiger partial charge in [0.1, 0.15) is 6.61 Å². The summed E-state index contributed by atoms with van der Waals surface area (Å²) in [5.74, 6) is 0.924. The molecule has 144 valence electrons. The first-order chi connectivity index (χ1) is 13.1. The molecule has 2 rings (SSSR count). The first kappa shape index (κ1) is 21.1. The van der Waals surface area contributed by atoms with Gasteiger partial charge in [-0.05, 0) is 35.9 Å². The Morgan fingerprint density at radius 3 is 2.44 bits per heavy atom. The van der Waals surface area contributed by atoms with Crippen LogP contribution in [0, 0.1) is 0 Å². The molecule has 0 aliphatic carbocycles. The van der Waals surface area contributed by atoms with Crippen LogP contribution in [-0.2, 0) is 20.0 Å². The van der Waals surface area contributed by atoms with E-state index in [0.29, 0.717) is 28.8 Å². The average Bonchev–Trinajstić information content (AvgIpc) is 2.64. The molecule has 0 unspecified atom stereocenters. The van der Waals surface area contributed by atoms with Crippen LogP contribution in [0.2, 0.25) is 5.02 Å². The number of hydrogen-bond donors (Lipinski definition) is 2. The van der Waals surface area contributed by atoms with Gasteiger partial charge >= 0.3 is 6.09 Å². The van der Waals surface area contributed by atoms with Crippen LogP contribution < -0.4 is 10.6 Å². The van der Waals surface area contributed by atoms with Crippen LogP contribution >= 0.6 is 23.4 Å². The van der Waals surface area contributed by atoms with Crippen molar-refractivity contribution < 1.29 is 19.1 Å². The molecule has 8 heteroatoms. The second-order valence-electron chi connectivity index (χ2n) is 5.50. The number of benzene rings is 2. The van der Waals surface area contributed by atoms with Crippen molar-refractivity contribution in [1.82, 2.24) is 0 Å². The summed E-state index contributed by atoms with van der Waals surface area (Å²) in [6.07, 6.45) is -0.575. The Hall–Kier alpha value is -2.22. The van der Waals surface area contributed by atoms with Crippen LogP contribution in [0.25, 0.3) is 0 Å². The highest BCUT2D eigenvalue weighted by Gasteiger charge is 2.06. The highest BCUT2D eigenvalue weighted by Crippen LogP contribution is 2.18. The van der Waals surface area contributed by atoms with Gasteiger partial charge in [0, 0.05) is 29.3 Å². The minimum Gasteiger partial charge on any atom is -0.447 e. The maximum atomic E-state index is 12.1. The topological polar surface area (TPSA) is 76.7 Å². The van der Waals surface area contributed by atoms with E-state index < -0.39 is 6.09 Å². The number of halogens is 1. The van der Waals surface area contributed by atoms with E-state index in [2.05, 4.69) is 10.6 Å². The van der Waals surface area contributed by atoms with Crippen LogP contribution in [0.5, 0.6) is 0 Å². The normalized spacial score (nSPS) is 10.3. The van der Waals surface area contributed by atoms with E-state index in [0.717, 1.165) is 11.3 Å². The first-order valence-electron chi connectivity index (χ1n) is 8.21. The van der Waals surface area contributed by atoms with E-state index in [-0.39, 0.29) is 12.5 Å². The van der Waals surface area contributed by atoms with Gasteiger partial charge in [-0.2, -0.15) is 0 Å². The fourth-order valence-electron chi connectivity index (χ4n) is 2.09. The summed E-state index contributed by atoms with van der Waals surface area (Å²) in [5, 5.41) is 6.10. The number of rotatable bonds is 9. The second-order valence-corrected chi connectivity index (χ2v) is 6.92. The van der Waals surface area contributed by atoms with Gasteiger partial charge in [-0.1, -0.05) is 29.8 Å². The molecule has 2 amide bonds. The zero-order valence-electron chi connectivity index (χ0n) is 14.9. The molecule has 0 aliphatic rings. The lowest BCUT2D eigenvalue weighted by molar-refractivity contribution is -0.113. The monoisotopic (exact) mass is 408 g/mol. The van der Waals surface area contributed by atoms with Crippen molar-refractivity contribution in [3.8, 4) is 0 Å². The summed E-state index contributed by atoms with van der Waals surface area (Å²) in [4.78, 5) is 23.7. The van der Waals surface area contributed by atoms with E-state index in [1.165, 1.54) is 18.9 Å². The van der Waals surface area contributed by atoms with Gasteiger partial charge < -0.3 is 14.8 Å². The number of anilines is 2. The number of thioether (sulfide) groups is 1. The Kier molecular flexibility index (Phi) is 8.97. The van der Waals surface area contributed by atoms with Crippen molar-refractivity contribution in [3.63, 3.8) is 0 Å². The standard InChI is InChI=1S/C19H21ClN2O4S/c1-25-9-10-26-19(24)22-17-4-2-3-16(11-17)21-18(23)13-27-12-14-5-7-15(20)8-6-14/h2-8,11H,9-10,12-13H2,1H3,(H,21,23)(H,22,24). The molecular formula is C19H21ClN2O4S. The Bertz CT molecular complexity index is 756. The number of methoxy groups -OCH3 is 1. The highest BCUT2D eigenvalue weighted by atomic mass is 35.5. The predicted molar refractivity (Wildman–Crippen MR) is 110 cm³/mol. The Morgan fingerprint density at radius 2 is 1.74 bits per heavy atom. The van der Waals surface area contributed by atoms with Gasteiger partial charge in [-0.3, -0.25) is 10.1 Å². The van der Waals surface area contributed by atoms with Crippen molar-refractivity contribution in [1.29, 1.82) is 0 Å². The third-order valence-corrected chi connectivity index (χ3v) is 4.58. The maximum Gasteiger partial charge on any atom is 0.411 e. The van der Waals surface area contributed by atoms with Gasteiger partial charge in [0.15, 0.2) is 0 Å². The van der Waals surface area contributed by atoms with Gasteiger partial charge in [0.05, 0.1) is 12.4 Å². The van der Waals surface area contributed by atoms with Crippen LogP contribution in [0.1, 0.15) is 5.56 Å². The fraction of sp³-hybridized carbons (Fsp3) is 0.263. The molecule has 2 aromatic carbocycles. The van der Waals surface area contributed by atoms with Gasteiger partial charge in [0.2, 0.25) is 5.91 Å². The molecule has 0 aromatic heterocycles. The molecule has 27 heavy (non-hydrogen) atoms. The Morgan fingerprint density at radius 1 is 1.04 bits per heavy atom. The van der Waals surface area contributed by atoms with E-state index in [1.807, 2.05) is 24.3 Å². The lowest BCUT2D eigenvalue weighted by Crippen LogP contribution is -2.17. The molecule has 6 nitrogen and oxygen atoms in total. The van der Waals surface area contributed by atoms with E-state index in [9.17, 15) is 9.59 Å². The number of nitrogens with one attached hydrogen (secondary N) is 2. The molecule has 0 atom stereocenters. The molecule has 0 spiro atoms. The number of carbonyl (C=O) groups is 2. The van der Waals surface area contributed by atoms with Crippen molar-refractivity contribution in [2.45, 2.75) is 5.75 Å². The van der Waals surface area contributed by atoms with Crippen molar-refractivity contribution in [2.75, 3.05) is 36.7 Å². The number of amides is 2. The lowest BCUT2D eigenvalue weighted by atomic mass is 10.2. The van der Waals surface area contributed by atoms with Crippen LogP contribution in [0.15, 0.2) is 48.5 Å². The summed E-state index contributed by atoms with van der Waals surface area (Å²) in [6.45, 7) is 0.501. The molecular weight excluding hydrogens is 388 g/mol. The summed E-state index contributed by atoms with van der Waals surface area (Å²) in [5.41, 5.74) is 2.24. The molecule has 0 saturated carbocycles. The lowest BCUT2D eigenvalue weighted by Gasteiger charge is -2.09. The minimum absolute atomic E-state index is 0.117. The van der Waals surface area contributed by atoms with E-state index >= 15 is 0 Å². The fourth-order valence-corrected chi connectivity index (χ4v) is 3.00. The van der Waals surface area contributed by atoms with Crippen LogP contribution in [-0.4, -0.2) is 38.1 Å². The number of ether oxygens (including phenoxy) is 2. The third kappa shape index (κ3) is 8.34. The van der Waals surface area contributed by atoms with Crippen LogP contribution in [0.4, 0.5) is 16.2 Å². The molecule has 2 aromatic rings. The quantitative estimate of drug-likeness (QED) is 0.601. The Labute approximate surface area is 167 Å². The molecule has 0 bridgehead atoms. The minimum atomic E-state index is -0.575. The van der Waals surface area contributed by atoms with E-state index in [1.54, 1.807) is 24.3 Å². The SMILES string of the molecule is COCCOC(=O)Nc1cccc(NC(=O)CSCc2ccc(Cl)cc2)c1. The summed E-state index contributed by atoms with van der Waals surface area (Å²) >= 11 is 7.36. The Balaban J connectivity index is 1.76. The molecule has 0 saturated heterocycles. The van der Waals surface area contributed by atoms with Gasteiger partial charge in [-0.25, -0.2) is 4.79 Å². The van der Waals surface area contributed by atoms with Crippen LogP contribution in [0.3, 0.4) is 0 Å². The van der Waals surface area contributed by atoms with Gasteiger partial charge in [-0.15, -0.1) is 11.8 Å². The maximum absolute atomic E-state index is 12.1. The van der Waals surface area contributed by atoms with Gasteiger partial charge in [0.25, 0.3) is 0 Å². The number of carbonyl (C=O) groups excluding carboxylic acids is 2. The smallest absolute Gasteiger partial charge is 0.411 e. The number of hydrogen-bond acceptors (Lipinski definition) is 5. The zero-order chi connectivity index (χ0) is 19.5. The zero-order valence-corrected chi connectivity index (χ0v) is 16.4. The van der Waals surface area contributed by atoms with Crippen molar-refractivity contribution >= 4 is 46.7 Å². The molecule has 0 radical (unpaired) electrons. The van der Waals surface area contributed by atoms with Crippen molar-refractivity contribution in [3.05, 3.63) is 59.1 Å². The molecule has 0 heterocycles. The molecule has 2 N–H and O–H groups in total. The highest BCUT2D eigenvalue weighted by molar-refractivity contribution is 7.99. The summed E-state index contributed by atoms with van der Waals surface area (Å²) in [7, 11) is 1.53. The first-order valence-corrected chi connectivity index (χ1v) is 9.75. The predicted octanol–water partition coefficient (Wildman–Crippen LogP) is 4.41. The average molecular weight is 409 g/mol. The molecule has 0 aliphatic heterocycles. The van der Waals surface area contributed by atoms with Crippen molar-refractivity contribution in [2.24, 2.45) is 0 Å². The largest absolute Gasteiger partial charge is 0.447 e. The molecule has 0 fully saturated rings. The summed E-state index contributed by atoms with van der Waals surface area (Å²) < 4.78 is 9.75. The second kappa shape index (κ2) is 11.5. The van der Waals surface area contributed by atoms with E-state index in [4.69, 9.17) is 21.1 Å².